The van der Waals surface area contributed by atoms with Gasteiger partial charge in [0.05, 0.1) is 17.7 Å². The maximum atomic E-state index is 12.4. The first kappa shape index (κ1) is 26.4. The van der Waals surface area contributed by atoms with Crippen LogP contribution in [-0.4, -0.2) is 35.2 Å². The summed E-state index contributed by atoms with van der Waals surface area (Å²) >= 11 is 1.29. The molecule has 8 nitrogen and oxygen atoms in total. The van der Waals surface area contributed by atoms with Crippen LogP contribution in [0.25, 0.3) is 11.3 Å². The second kappa shape index (κ2) is 12.6. The van der Waals surface area contributed by atoms with Gasteiger partial charge in [0.1, 0.15) is 5.75 Å². The summed E-state index contributed by atoms with van der Waals surface area (Å²) in [5.41, 5.74) is 3.43. The Kier molecular flexibility index (Phi) is 8.73. The van der Waals surface area contributed by atoms with Crippen molar-refractivity contribution in [2.24, 2.45) is 0 Å². The Morgan fingerprint density at radius 3 is 2.24 bits per heavy atom. The number of hydrogen-bond donors (Lipinski definition) is 1. The van der Waals surface area contributed by atoms with Gasteiger partial charge in [-0.25, -0.2) is 9.78 Å². The normalized spacial score (nSPS) is 10.4. The largest absolute Gasteiger partial charge is 0.457 e. The molecule has 9 heteroatoms. The molecule has 1 N–H and O–H groups in total. The molecule has 1 amide bonds. The molecule has 4 aromatic rings. The van der Waals surface area contributed by atoms with Crippen LogP contribution in [0.15, 0.2) is 84.2 Å². The third-order valence-electron chi connectivity index (χ3n) is 5.41. The lowest BCUT2D eigenvalue weighted by Gasteiger charge is -2.07. The van der Waals surface area contributed by atoms with Gasteiger partial charge in [0.15, 0.2) is 17.5 Å². The zero-order chi connectivity index (χ0) is 26.9. The molecule has 0 aliphatic carbocycles. The van der Waals surface area contributed by atoms with Crippen LogP contribution in [0.5, 0.6) is 5.75 Å². The maximum absolute atomic E-state index is 12.4. The number of Topliss-reactive ketones (excluding diaryl/α,β-unsaturated/α-hetero) is 1. The first-order valence-corrected chi connectivity index (χ1v) is 12.6. The number of aromatic nitrogens is 1. The number of esters is 2. The lowest BCUT2D eigenvalue weighted by molar-refractivity contribution is -0.143. The van der Waals surface area contributed by atoms with Crippen molar-refractivity contribution in [2.75, 3.05) is 11.9 Å². The summed E-state index contributed by atoms with van der Waals surface area (Å²) in [4.78, 5) is 53.2. The first-order chi connectivity index (χ1) is 18.4. The highest BCUT2D eigenvalue weighted by atomic mass is 32.1. The van der Waals surface area contributed by atoms with Crippen LogP contribution in [-0.2, 0) is 14.3 Å². The smallest absolute Gasteiger partial charge is 0.343 e. The van der Waals surface area contributed by atoms with E-state index >= 15 is 0 Å². The van der Waals surface area contributed by atoms with Gasteiger partial charge in [-0.1, -0.05) is 48.0 Å². The summed E-state index contributed by atoms with van der Waals surface area (Å²) in [7, 11) is 0. The molecule has 0 fully saturated rings. The van der Waals surface area contributed by atoms with Gasteiger partial charge in [-0.05, 0) is 43.3 Å². The topological polar surface area (TPSA) is 112 Å². The zero-order valence-electron chi connectivity index (χ0n) is 20.5. The summed E-state index contributed by atoms with van der Waals surface area (Å²) in [5, 5.41) is 4.94. The van der Waals surface area contributed by atoms with Crippen molar-refractivity contribution in [3.63, 3.8) is 0 Å². The summed E-state index contributed by atoms with van der Waals surface area (Å²) in [6.07, 6.45) is -0.280. The van der Waals surface area contributed by atoms with Gasteiger partial charge in [0, 0.05) is 22.9 Å². The fraction of sp³-hybridized carbons (Fsp3) is 0.138. The molecule has 0 spiro atoms. The zero-order valence-corrected chi connectivity index (χ0v) is 21.3. The van der Waals surface area contributed by atoms with Gasteiger partial charge in [-0.15, -0.1) is 11.3 Å². The van der Waals surface area contributed by atoms with Crippen LogP contribution in [0.3, 0.4) is 0 Å². The number of thiazole rings is 1. The van der Waals surface area contributed by atoms with E-state index in [1.165, 1.54) is 35.6 Å². The van der Waals surface area contributed by atoms with E-state index in [2.05, 4.69) is 10.3 Å². The molecule has 38 heavy (non-hydrogen) atoms. The molecule has 0 radical (unpaired) electrons. The highest BCUT2D eigenvalue weighted by Crippen LogP contribution is 2.24. The fourth-order valence-electron chi connectivity index (χ4n) is 3.34. The summed E-state index contributed by atoms with van der Waals surface area (Å²) < 4.78 is 10.3. The summed E-state index contributed by atoms with van der Waals surface area (Å²) in [6.45, 7) is 1.46. The number of ketones is 1. The molecule has 0 aliphatic heterocycles. The van der Waals surface area contributed by atoms with Crippen molar-refractivity contribution in [1.82, 2.24) is 4.98 Å². The average molecular weight is 529 g/mol. The highest BCUT2D eigenvalue weighted by molar-refractivity contribution is 7.14. The number of benzene rings is 3. The van der Waals surface area contributed by atoms with E-state index < -0.39 is 24.3 Å². The minimum absolute atomic E-state index is 0.103. The Labute approximate surface area is 223 Å². The van der Waals surface area contributed by atoms with Gasteiger partial charge < -0.3 is 14.8 Å². The van der Waals surface area contributed by atoms with Gasteiger partial charge in [-0.3, -0.25) is 14.4 Å². The van der Waals surface area contributed by atoms with Crippen LogP contribution >= 0.6 is 11.3 Å². The summed E-state index contributed by atoms with van der Waals surface area (Å²) in [6, 6.07) is 22.5. The second-order valence-corrected chi connectivity index (χ2v) is 9.17. The molecule has 192 valence electrons. The molecular formula is C29H24N2O6S. The highest BCUT2D eigenvalue weighted by Gasteiger charge is 2.14. The van der Waals surface area contributed by atoms with Gasteiger partial charge in [0.2, 0.25) is 5.91 Å². The lowest BCUT2D eigenvalue weighted by atomic mass is 10.1. The second-order valence-electron chi connectivity index (χ2n) is 8.32. The van der Waals surface area contributed by atoms with E-state index in [0.717, 1.165) is 16.8 Å². The molecule has 0 bridgehead atoms. The molecule has 0 saturated heterocycles. The number of hydrogen-bond acceptors (Lipinski definition) is 8. The number of carbonyl (C=O) groups is 4. The number of nitrogens with zero attached hydrogens (tertiary/aromatic N) is 1. The number of rotatable bonds is 10. The van der Waals surface area contributed by atoms with Crippen molar-refractivity contribution in [2.45, 2.75) is 19.8 Å². The number of anilines is 1. The van der Waals surface area contributed by atoms with Crippen molar-refractivity contribution in [3.05, 3.63) is 101 Å². The third-order valence-corrected chi connectivity index (χ3v) is 6.17. The first-order valence-electron chi connectivity index (χ1n) is 11.8. The Morgan fingerprint density at radius 2 is 1.53 bits per heavy atom. The third kappa shape index (κ3) is 7.44. The standard InChI is InChI=1S/C29H24N2O6S/c1-19-7-9-22(10-8-19)28(35)37-23-13-11-21(12-14-23)25(32)17-36-27(34)16-15-26(33)31-29-30-24(18-38-29)20-5-3-2-4-6-20/h2-14,18H,15-17H2,1H3,(H,30,31,33). The molecule has 1 aromatic heterocycles. The van der Waals surface area contributed by atoms with E-state index in [1.807, 2.05) is 54.8 Å². The quantitative estimate of drug-likeness (QED) is 0.165. The van der Waals surface area contributed by atoms with E-state index in [-0.39, 0.29) is 24.5 Å². The minimum Gasteiger partial charge on any atom is -0.457 e. The van der Waals surface area contributed by atoms with E-state index in [0.29, 0.717) is 16.3 Å². The van der Waals surface area contributed by atoms with E-state index in [9.17, 15) is 19.2 Å². The van der Waals surface area contributed by atoms with Gasteiger partial charge >= 0.3 is 11.9 Å². The van der Waals surface area contributed by atoms with Crippen molar-refractivity contribution >= 4 is 40.1 Å². The number of ether oxygens (including phenoxy) is 2. The van der Waals surface area contributed by atoms with Crippen LogP contribution < -0.4 is 10.1 Å². The van der Waals surface area contributed by atoms with Crippen LogP contribution in [0.1, 0.15) is 39.1 Å². The van der Waals surface area contributed by atoms with Crippen LogP contribution in [0.2, 0.25) is 0 Å². The van der Waals surface area contributed by atoms with Crippen molar-refractivity contribution in [1.29, 1.82) is 0 Å². The SMILES string of the molecule is Cc1ccc(C(=O)Oc2ccc(C(=O)COC(=O)CCC(=O)Nc3nc(-c4ccccc4)cs3)cc2)cc1. The predicted octanol–water partition coefficient (Wildman–Crippen LogP) is 5.48. The van der Waals surface area contributed by atoms with Gasteiger partial charge in [0.25, 0.3) is 0 Å². The Bertz CT molecular complexity index is 1430. The van der Waals surface area contributed by atoms with Crippen molar-refractivity contribution < 1.29 is 28.7 Å². The minimum atomic E-state index is -0.665. The molecule has 0 saturated carbocycles. The number of amides is 1. The molecule has 3 aromatic carbocycles. The Hall–Kier alpha value is -4.63. The number of nitrogens with one attached hydrogen (secondary N) is 1. The molecule has 0 atom stereocenters. The van der Waals surface area contributed by atoms with Crippen molar-refractivity contribution in [3.8, 4) is 17.0 Å². The monoisotopic (exact) mass is 528 g/mol. The van der Waals surface area contributed by atoms with E-state index in [1.54, 1.807) is 12.1 Å². The van der Waals surface area contributed by atoms with Crippen LogP contribution in [0, 0.1) is 6.92 Å². The fourth-order valence-corrected chi connectivity index (χ4v) is 4.07. The van der Waals surface area contributed by atoms with Crippen LogP contribution in [0.4, 0.5) is 5.13 Å². The molecule has 4 rings (SSSR count). The molecule has 0 unspecified atom stereocenters. The summed E-state index contributed by atoms with van der Waals surface area (Å²) in [5.74, 6) is -1.69. The Balaban J connectivity index is 1.18. The predicted molar refractivity (Wildman–Crippen MR) is 143 cm³/mol. The Morgan fingerprint density at radius 1 is 0.842 bits per heavy atom. The van der Waals surface area contributed by atoms with E-state index in [4.69, 9.17) is 9.47 Å². The lowest BCUT2D eigenvalue weighted by Crippen LogP contribution is -2.17. The maximum Gasteiger partial charge on any atom is 0.343 e. The average Bonchev–Trinajstić information content (AvgIpc) is 3.40. The van der Waals surface area contributed by atoms with Gasteiger partial charge in [-0.2, -0.15) is 0 Å². The number of carbonyl (C=O) groups excluding carboxylic acids is 4. The molecular weight excluding hydrogens is 504 g/mol. The number of aryl methyl sites for hydroxylation is 1. The molecule has 0 aliphatic rings. The molecule has 1 heterocycles.